The minimum Gasteiger partial charge on any atom is -0.478 e. The highest BCUT2D eigenvalue weighted by molar-refractivity contribution is 5.93. The molecule has 0 saturated heterocycles. The molecule has 2 aromatic heterocycles. The third-order valence-electron chi connectivity index (χ3n) is 2.78. The molecular weight excluding hydrogens is 242 g/mol. The van der Waals surface area contributed by atoms with E-state index in [4.69, 9.17) is 0 Å². The highest BCUT2D eigenvalue weighted by atomic mass is 16.4. The van der Waals surface area contributed by atoms with Crippen molar-refractivity contribution in [3.8, 4) is 0 Å². The summed E-state index contributed by atoms with van der Waals surface area (Å²) in [5, 5.41) is 9.19. The summed E-state index contributed by atoms with van der Waals surface area (Å²) in [4.78, 5) is 21.5. The van der Waals surface area contributed by atoms with E-state index in [2.05, 4.69) is 9.97 Å². The lowest BCUT2D eigenvalue weighted by molar-refractivity contribution is 0.0697. The van der Waals surface area contributed by atoms with Crippen molar-refractivity contribution in [3.63, 3.8) is 0 Å². The molecule has 5 heteroatoms. The Kier molecular flexibility index (Phi) is 4.07. The van der Waals surface area contributed by atoms with Crippen LogP contribution < -0.4 is 4.90 Å². The molecule has 2 rings (SSSR count). The Labute approximate surface area is 111 Å². The number of anilines is 1. The van der Waals surface area contributed by atoms with Crippen molar-refractivity contribution >= 4 is 11.8 Å². The maximum Gasteiger partial charge on any atom is 0.339 e. The van der Waals surface area contributed by atoms with Crippen LogP contribution in [0.2, 0.25) is 0 Å². The van der Waals surface area contributed by atoms with Crippen LogP contribution in [0.15, 0.2) is 42.7 Å². The molecule has 1 N–H and O–H groups in total. The molecule has 5 nitrogen and oxygen atoms in total. The smallest absolute Gasteiger partial charge is 0.339 e. The van der Waals surface area contributed by atoms with E-state index in [1.807, 2.05) is 30.0 Å². The number of nitrogens with zero attached hydrogens (tertiary/aromatic N) is 3. The van der Waals surface area contributed by atoms with Crippen molar-refractivity contribution < 1.29 is 9.90 Å². The predicted molar refractivity (Wildman–Crippen MR) is 72.2 cm³/mol. The molecule has 0 aliphatic heterocycles. The maximum atomic E-state index is 11.2. The Bertz CT molecular complexity index is 558. The van der Waals surface area contributed by atoms with Gasteiger partial charge in [-0.05, 0) is 31.2 Å². The molecule has 0 aromatic carbocycles. The number of carbonyl (C=O) groups is 1. The fourth-order valence-electron chi connectivity index (χ4n) is 1.84. The summed E-state index contributed by atoms with van der Waals surface area (Å²) < 4.78 is 0. The Morgan fingerprint density at radius 3 is 2.63 bits per heavy atom. The highest BCUT2D eigenvalue weighted by Gasteiger charge is 2.16. The Balaban J connectivity index is 2.30. The van der Waals surface area contributed by atoms with Gasteiger partial charge in [-0.2, -0.15) is 0 Å². The van der Waals surface area contributed by atoms with Crippen LogP contribution in [-0.2, 0) is 6.54 Å². The van der Waals surface area contributed by atoms with E-state index in [1.165, 1.54) is 0 Å². The molecule has 19 heavy (non-hydrogen) atoms. The van der Waals surface area contributed by atoms with Crippen molar-refractivity contribution in [2.75, 3.05) is 11.4 Å². The molecule has 0 spiro atoms. The number of hydrogen-bond acceptors (Lipinski definition) is 4. The lowest BCUT2D eigenvalue weighted by atomic mass is 10.2. The molecule has 98 valence electrons. The molecule has 0 unspecified atom stereocenters. The fourth-order valence-corrected chi connectivity index (χ4v) is 1.84. The van der Waals surface area contributed by atoms with Gasteiger partial charge >= 0.3 is 5.97 Å². The largest absolute Gasteiger partial charge is 0.478 e. The molecule has 0 atom stereocenters. The van der Waals surface area contributed by atoms with E-state index in [9.17, 15) is 9.90 Å². The Morgan fingerprint density at radius 1 is 1.21 bits per heavy atom. The van der Waals surface area contributed by atoms with Gasteiger partial charge in [0.15, 0.2) is 0 Å². The van der Waals surface area contributed by atoms with E-state index >= 15 is 0 Å². The van der Waals surface area contributed by atoms with E-state index in [0.717, 1.165) is 5.69 Å². The van der Waals surface area contributed by atoms with Gasteiger partial charge in [0, 0.05) is 18.9 Å². The second-order valence-corrected chi connectivity index (χ2v) is 4.01. The Morgan fingerprint density at radius 2 is 2.00 bits per heavy atom. The van der Waals surface area contributed by atoms with Crippen LogP contribution in [0.4, 0.5) is 5.82 Å². The first-order chi connectivity index (χ1) is 9.22. The number of aromatic carboxylic acids is 1. The number of carboxylic acids is 1. The van der Waals surface area contributed by atoms with Crippen molar-refractivity contribution in [2.45, 2.75) is 13.5 Å². The van der Waals surface area contributed by atoms with Crippen LogP contribution in [0.25, 0.3) is 0 Å². The monoisotopic (exact) mass is 257 g/mol. The predicted octanol–water partition coefficient (Wildman–Crippen LogP) is 2.20. The maximum absolute atomic E-state index is 11.2. The van der Waals surface area contributed by atoms with Crippen molar-refractivity contribution in [2.24, 2.45) is 0 Å². The normalized spacial score (nSPS) is 10.2. The van der Waals surface area contributed by atoms with Gasteiger partial charge in [0.05, 0.1) is 12.2 Å². The summed E-state index contributed by atoms with van der Waals surface area (Å²) in [6, 6.07) is 8.86. The van der Waals surface area contributed by atoms with E-state index < -0.39 is 5.97 Å². The van der Waals surface area contributed by atoms with Crippen molar-refractivity contribution in [1.82, 2.24) is 9.97 Å². The van der Waals surface area contributed by atoms with Gasteiger partial charge in [-0.25, -0.2) is 9.78 Å². The van der Waals surface area contributed by atoms with Gasteiger partial charge in [0.1, 0.15) is 11.4 Å². The van der Waals surface area contributed by atoms with Crippen LogP contribution in [0.1, 0.15) is 23.0 Å². The zero-order valence-electron chi connectivity index (χ0n) is 10.7. The average molecular weight is 257 g/mol. The zero-order chi connectivity index (χ0) is 13.7. The fraction of sp³-hybridized carbons (Fsp3) is 0.214. The van der Waals surface area contributed by atoms with E-state index in [0.29, 0.717) is 18.9 Å². The minimum absolute atomic E-state index is 0.209. The van der Waals surface area contributed by atoms with Crippen molar-refractivity contribution in [3.05, 3.63) is 54.0 Å². The van der Waals surface area contributed by atoms with Crippen LogP contribution in [0.3, 0.4) is 0 Å². The Hall–Kier alpha value is -2.43. The average Bonchev–Trinajstić information content (AvgIpc) is 2.46. The van der Waals surface area contributed by atoms with Crippen LogP contribution in [-0.4, -0.2) is 27.6 Å². The number of pyridine rings is 2. The second kappa shape index (κ2) is 5.95. The molecule has 0 radical (unpaired) electrons. The van der Waals surface area contributed by atoms with Crippen LogP contribution in [0.5, 0.6) is 0 Å². The standard InChI is InChI=1S/C14H15N3O2/c1-2-17(10-11-6-3-4-8-15-11)13-12(14(18)19)7-5-9-16-13/h3-9H,2,10H2,1H3,(H,18,19). The summed E-state index contributed by atoms with van der Waals surface area (Å²) in [6.45, 7) is 3.16. The molecule has 2 heterocycles. The lowest BCUT2D eigenvalue weighted by Gasteiger charge is -2.22. The molecular formula is C14H15N3O2. The van der Waals surface area contributed by atoms with Gasteiger partial charge in [-0.1, -0.05) is 6.07 Å². The van der Waals surface area contributed by atoms with Crippen LogP contribution in [0, 0.1) is 0 Å². The minimum atomic E-state index is -0.970. The van der Waals surface area contributed by atoms with E-state index in [-0.39, 0.29) is 5.56 Å². The SMILES string of the molecule is CCN(Cc1ccccn1)c1ncccc1C(=O)O. The van der Waals surface area contributed by atoms with Crippen LogP contribution >= 0.6 is 0 Å². The molecule has 0 fully saturated rings. The lowest BCUT2D eigenvalue weighted by Crippen LogP contribution is -2.25. The topological polar surface area (TPSA) is 66.3 Å². The molecule has 0 saturated carbocycles. The van der Waals surface area contributed by atoms with E-state index in [1.54, 1.807) is 24.5 Å². The second-order valence-electron chi connectivity index (χ2n) is 4.01. The highest BCUT2D eigenvalue weighted by Crippen LogP contribution is 2.18. The number of rotatable bonds is 5. The number of aromatic nitrogens is 2. The summed E-state index contributed by atoms with van der Waals surface area (Å²) >= 11 is 0. The van der Waals surface area contributed by atoms with Gasteiger partial charge in [-0.3, -0.25) is 4.98 Å². The van der Waals surface area contributed by atoms with Crippen molar-refractivity contribution in [1.29, 1.82) is 0 Å². The van der Waals surface area contributed by atoms with Gasteiger partial charge in [0.2, 0.25) is 0 Å². The molecule has 0 aliphatic rings. The quantitative estimate of drug-likeness (QED) is 0.889. The summed E-state index contributed by atoms with van der Waals surface area (Å²) in [5.74, 6) is -0.495. The molecule has 0 amide bonds. The zero-order valence-corrected chi connectivity index (χ0v) is 10.7. The summed E-state index contributed by atoms with van der Waals surface area (Å²) in [7, 11) is 0. The van der Waals surface area contributed by atoms with Gasteiger partial charge in [0.25, 0.3) is 0 Å². The number of carboxylic acid groups (broad SMARTS) is 1. The summed E-state index contributed by atoms with van der Waals surface area (Å²) in [6.07, 6.45) is 3.32. The molecule has 0 bridgehead atoms. The molecule has 0 aliphatic carbocycles. The first kappa shape index (κ1) is 13.0. The third kappa shape index (κ3) is 3.07. The number of hydrogen-bond donors (Lipinski definition) is 1. The first-order valence-electron chi connectivity index (χ1n) is 6.05. The van der Waals surface area contributed by atoms with Gasteiger partial charge in [-0.15, -0.1) is 0 Å². The summed E-state index contributed by atoms with van der Waals surface area (Å²) in [5.41, 5.74) is 1.09. The third-order valence-corrected chi connectivity index (χ3v) is 2.78. The molecule has 2 aromatic rings. The first-order valence-corrected chi connectivity index (χ1v) is 6.05. The van der Waals surface area contributed by atoms with Gasteiger partial charge < -0.3 is 10.0 Å².